The van der Waals surface area contributed by atoms with Gasteiger partial charge in [0.1, 0.15) is 12.3 Å². The van der Waals surface area contributed by atoms with Gasteiger partial charge in [0.15, 0.2) is 0 Å². The number of fused-ring (bicyclic) bond motifs is 1. The van der Waals surface area contributed by atoms with Crippen molar-refractivity contribution in [3.05, 3.63) is 66.0 Å². The van der Waals surface area contributed by atoms with Gasteiger partial charge in [0.05, 0.1) is 17.3 Å². The van der Waals surface area contributed by atoms with Gasteiger partial charge in [-0.3, -0.25) is 9.78 Å². The number of nitrogens with one attached hydrogen (secondary N) is 1. The largest absolute Gasteiger partial charge is 0.447 e. The molecule has 0 spiro atoms. The number of nitrogens with zero attached hydrogens (tertiary/aromatic N) is 2. The zero-order valence-electron chi connectivity index (χ0n) is 15.3. The number of oxazole rings is 1. The molecule has 4 rings (SSSR count). The van der Waals surface area contributed by atoms with E-state index in [4.69, 9.17) is 4.42 Å². The topological polar surface area (TPSA) is 68.0 Å². The number of para-hydroxylation sites is 1. The number of rotatable bonds is 4. The Bertz CT molecular complexity index is 1040. The van der Waals surface area contributed by atoms with Crippen molar-refractivity contribution in [2.24, 2.45) is 0 Å². The minimum Gasteiger partial charge on any atom is -0.447 e. The highest BCUT2D eigenvalue weighted by atomic mass is 19.3. The number of halogens is 2. The van der Waals surface area contributed by atoms with Crippen molar-refractivity contribution >= 4 is 22.4 Å². The second-order valence-corrected chi connectivity index (χ2v) is 6.96. The van der Waals surface area contributed by atoms with Gasteiger partial charge < -0.3 is 9.73 Å². The lowest BCUT2D eigenvalue weighted by molar-refractivity contribution is -0.00602. The molecule has 28 heavy (non-hydrogen) atoms. The van der Waals surface area contributed by atoms with Crippen LogP contribution in [0.3, 0.4) is 0 Å². The molecule has 0 fully saturated rings. The summed E-state index contributed by atoms with van der Waals surface area (Å²) >= 11 is 0. The highest BCUT2D eigenvalue weighted by Gasteiger charge is 2.31. The maximum Gasteiger partial charge on any atom is 0.253 e. The fourth-order valence-corrected chi connectivity index (χ4v) is 3.37. The molecule has 2 heterocycles. The van der Waals surface area contributed by atoms with Crippen LogP contribution in [0.4, 0.5) is 8.78 Å². The molecule has 144 valence electrons. The van der Waals surface area contributed by atoms with E-state index in [0.29, 0.717) is 23.4 Å². The minimum absolute atomic E-state index is 0.158. The summed E-state index contributed by atoms with van der Waals surface area (Å²) in [5.74, 6) is -2.50. The molecule has 0 aliphatic heterocycles. The predicted molar refractivity (Wildman–Crippen MR) is 101 cm³/mol. The van der Waals surface area contributed by atoms with E-state index >= 15 is 0 Å². The van der Waals surface area contributed by atoms with Gasteiger partial charge in [-0.05, 0) is 25.0 Å². The van der Waals surface area contributed by atoms with Crippen LogP contribution < -0.4 is 5.32 Å². The number of hydrogen-bond acceptors (Lipinski definition) is 4. The smallest absolute Gasteiger partial charge is 0.253 e. The fraction of sp³-hybridized carbons (Fsp3) is 0.286. The normalized spacial score (nSPS) is 17.2. The first-order chi connectivity index (χ1) is 13.4. The van der Waals surface area contributed by atoms with Gasteiger partial charge in [-0.25, -0.2) is 13.8 Å². The Labute approximate surface area is 160 Å². The van der Waals surface area contributed by atoms with E-state index in [1.165, 1.54) is 18.7 Å². The van der Waals surface area contributed by atoms with E-state index in [1.54, 1.807) is 19.1 Å². The van der Waals surface area contributed by atoms with Gasteiger partial charge in [0.25, 0.3) is 11.8 Å². The lowest BCUT2D eigenvalue weighted by atomic mass is 9.90. The van der Waals surface area contributed by atoms with Crippen molar-refractivity contribution in [1.82, 2.24) is 15.3 Å². The Morgan fingerprint density at radius 3 is 2.89 bits per heavy atom. The number of benzene rings is 1. The zero-order valence-corrected chi connectivity index (χ0v) is 15.3. The molecule has 7 heteroatoms. The summed E-state index contributed by atoms with van der Waals surface area (Å²) in [4.78, 5) is 21.0. The van der Waals surface area contributed by atoms with E-state index in [1.807, 2.05) is 18.2 Å². The van der Waals surface area contributed by atoms with Crippen molar-refractivity contribution in [3.63, 3.8) is 0 Å². The quantitative estimate of drug-likeness (QED) is 0.695. The molecule has 3 aromatic rings. The Hall–Kier alpha value is -3.09. The number of alkyl halides is 2. The summed E-state index contributed by atoms with van der Waals surface area (Å²) in [5, 5.41) is 3.60. The van der Waals surface area contributed by atoms with Gasteiger partial charge >= 0.3 is 0 Å². The average Bonchev–Trinajstić information content (AvgIpc) is 3.22. The summed E-state index contributed by atoms with van der Waals surface area (Å²) in [6.45, 7) is 1.78. The van der Waals surface area contributed by atoms with Crippen LogP contribution in [0.5, 0.6) is 0 Å². The van der Waals surface area contributed by atoms with Crippen molar-refractivity contribution < 1.29 is 18.0 Å². The van der Waals surface area contributed by atoms with Crippen LogP contribution in [-0.2, 0) is 0 Å². The van der Waals surface area contributed by atoms with Crippen LogP contribution in [0, 0.1) is 0 Å². The Balaban J connectivity index is 1.60. The summed E-state index contributed by atoms with van der Waals surface area (Å²) in [6.07, 6.45) is 5.97. The molecule has 0 radical (unpaired) electrons. The van der Waals surface area contributed by atoms with Gasteiger partial charge in [0, 0.05) is 30.0 Å². The first-order valence-electron chi connectivity index (χ1n) is 9.09. The third-order valence-corrected chi connectivity index (χ3v) is 4.90. The molecule has 1 N–H and O–H groups in total. The molecule has 5 nitrogen and oxygen atoms in total. The second-order valence-electron chi connectivity index (χ2n) is 6.96. The van der Waals surface area contributed by atoms with Crippen LogP contribution in [0.2, 0.25) is 0 Å². The predicted octanol–water partition coefficient (Wildman–Crippen LogP) is 4.92. The number of aromatic nitrogens is 2. The lowest BCUT2D eigenvalue weighted by Crippen LogP contribution is -2.26. The van der Waals surface area contributed by atoms with Gasteiger partial charge in [0.2, 0.25) is 5.89 Å². The molecular formula is C21H19F2N3O2. The molecule has 0 bridgehead atoms. The van der Waals surface area contributed by atoms with E-state index in [9.17, 15) is 13.6 Å². The van der Waals surface area contributed by atoms with E-state index in [-0.39, 0.29) is 24.8 Å². The van der Waals surface area contributed by atoms with E-state index in [2.05, 4.69) is 15.3 Å². The third kappa shape index (κ3) is 3.65. The van der Waals surface area contributed by atoms with Crippen molar-refractivity contribution in [3.8, 4) is 0 Å². The lowest BCUT2D eigenvalue weighted by Gasteiger charge is -2.22. The molecular weight excluding hydrogens is 364 g/mol. The van der Waals surface area contributed by atoms with Gasteiger partial charge in [-0.2, -0.15) is 0 Å². The maximum absolute atomic E-state index is 13.4. The van der Waals surface area contributed by atoms with E-state index < -0.39 is 5.92 Å². The summed E-state index contributed by atoms with van der Waals surface area (Å²) in [7, 11) is 0. The standard InChI is InChI=1S/C21H19F2N3O2/c1-13(20-24-9-10-28-20)26-19(27)16-11-15-3-2-4-17(18(15)25-12-16)14-5-7-21(22,23)8-6-14/h2-5,9-13H,6-8H2,1H3,(H,26,27)/t13-/m1/s1. The summed E-state index contributed by atoms with van der Waals surface area (Å²) < 4.78 is 32.1. The van der Waals surface area contributed by atoms with E-state index in [0.717, 1.165) is 16.5 Å². The van der Waals surface area contributed by atoms with Crippen LogP contribution in [-0.4, -0.2) is 21.8 Å². The number of pyridine rings is 1. The van der Waals surface area contributed by atoms with Gasteiger partial charge in [-0.15, -0.1) is 0 Å². The second kappa shape index (κ2) is 7.14. The molecule has 1 aromatic carbocycles. The maximum atomic E-state index is 13.4. The highest BCUT2D eigenvalue weighted by Crippen LogP contribution is 2.37. The Morgan fingerprint density at radius 1 is 1.32 bits per heavy atom. The molecule has 0 saturated carbocycles. The first-order valence-corrected chi connectivity index (χ1v) is 9.09. The molecule has 0 unspecified atom stereocenters. The van der Waals surface area contributed by atoms with Crippen molar-refractivity contribution in [2.45, 2.75) is 38.2 Å². The zero-order chi connectivity index (χ0) is 19.7. The molecule has 1 aliphatic rings. The van der Waals surface area contributed by atoms with Crippen molar-refractivity contribution in [2.75, 3.05) is 0 Å². The molecule has 1 amide bonds. The molecule has 1 atom stereocenters. The minimum atomic E-state index is -2.63. The number of allylic oxidation sites excluding steroid dienone is 2. The molecule has 1 aliphatic carbocycles. The summed E-state index contributed by atoms with van der Waals surface area (Å²) in [5.41, 5.74) is 2.83. The van der Waals surface area contributed by atoms with Crippen LogP contribution >= 0.6 is 0 Å². The summed E-state index contributed by atoms with van der Waals surface area (Å²) in [6, 6.07) is 6.97. The molecule has 0 saturated heterocycles. The number of hydrogen-bond donors (Lipinski definition) is 1. The van der Waals surface area contributed by atoms with Crippen molar-refractivity contribution in [1.29, 1.82) is 0 Å². The SMILES string of the molecule is C[C@@H](NC(=O)c1cnc2c(C3=CCC(F)(F)CC3)cccc2c1)c1ncco1. The Kier molecular flexibility index (Phi) is 4.66. The fourth-order valence-electron chi connectivity index (χ4n) is 3.37. The third-order valence-electron chi connectivity index (χ3n) is 4.90. The first kappa shape index (κ1) is 18.3. The van der Waals surface area contributed by atoms with Crippen LogP contribution in [0.1, 0.15) is 54.0 Å². The Morgan fingerprint density at radius 2 is 2.18 bits per heavy atom. The number of amides is 1. The average molecular weight is 383 g/mol. The number of carbonyl (C=O) groups excluding carboxylic acids is 1. The van der Waals surface area contributed by atoms with Crippen LogP contribution in [0.15, 0.2) is 53.4 Å². The molecule has 2 aromatic heterocycles. The number of carbonyl (C=O) groups is 1. The monoisotopic (exact) mass is 383 g/mol. The van der Waals surface area contributed by atoms with Crippen LogP contribution in [0.25, 0.3) is 16.5 Å². The highest BCUT2D eigenvalue weighted by molar-refractivity contribution is 5.99. The van der Waals surface area contributed by atoms with Gasteiger partial charge in [-0.1, -0.05) is 24.3 Å².